The molecule has 0 aliphatic rings. The number of nitrogens with zero attached hydrogens (tertiary/aromatic N) is 1. The molecule has 1 aromatic heterocycles. The van der Waals surface area contributed by atoms with Crippen LogP contribution in [0.25, 0.3) is 54.6 Å². The van der Waals surface area contributed by atoms with Crippen LogP contribution in [0.2, 0.25) is 0 Å². The zero-order valence-electron chi connectivity index (χ0n) is 21.8. The molecule has 1 heterocycles. The van der Waals surface area contributed by atoms with Gasteiger partial charge in [0.15, 0.2) is 0 Å². The molecular formula is C38H25NO. The van der Waals surface area contributed by atoms with Gasteiger partial charge in [0.25, 0.3) is 0 Å². The Kier molecular flexibility index (Phi) is 5.17. The minimum atomic E-state index is 0.920. The standard InChI is InChI=1S/C38H25NO/c1-2-9-26(10-3-1)29-13-8-14-32(21-29)39(33-19-17-27-11-4-5-12-28(27)22-33)34-20-18-30-25-38-36(24-31(30)23-34)35-15-6-7-16-37(35)40-38/h1-25H. The van der Waals surface area contributed by atoms with E-state index < -0.39 is 0 Å². The van der Waals surface area contributed by atoms with Gasteiger partial charge in [0.1, 0.15) is 11.2 Å². The van der Waals surface area contributed by atoms with E-state index in [1.165, 1.54) is 27.3 Å². The van der Waals surface area contributed by atoms with Crippen LogP contribution in [-0.4, -0.2) is 0 Å². The topological polar surface area (TPSA) is 16.4 Å². The summed E-state index contributed by atoms with van der Waals surface area (Å²) in [7, 11) is 0. The average Bonchev–Trinajstić information content (AvgIpc) is 3.38. The van der Waals surface area contributed by atoms with E-state index in [4.69, 9.17) is 4.42 Å². The van der Waals surface area contributed by atoms with Crippen LogP contribution in [0.5, 0.6) is 0 Å². The predicted octanol–water partition coefficient (Wildman–Crippen LogP) is 11.0. The molecule has 0 fully saturated rings. The minimum absolute atomic E-state index is 0.920. The molecule has 0 radical (unpaired) electrons. The van der Waals surface area contributed by atoms with Gasteiger partial charge < -0.3 is 9.32 Å². The van der Waals surface area contributed by atoms with Crippen molar-refractivity contribution in [3.05, 3.63) is 152 Å². The first kappa shape index (κ1) is 22.6. The molecule has 0 amide bonds. The van der Waals surface area contributed by atoms with E-state index in [0.29, 0.717) is 0 Å². The summed E-state index contributed by atoms with van der Waals surface area (Å²) in [5.41, 5.74) is 7.59. The van der Waals surface area contributed by atoms with Crippen molar-refractivity contribution >= 4 is 60.5 Å². The van der Waals surface area contributed by atoms with Gasteiger partial charge in [0.2, 0.25) is 0 Å². The molecule has 0 aliphatic carbocycles. The fourth-order valence-electron chi connectivity index (χ4n) is 5.81. The molecule has 2 heteroatoms. The summed E-state index contributed by atoms with van der Waals surface area (Å²) in [6, 6.07) is 54.0. The molecule has 0 atom stereocenters. The quantitative estimate of drug-likeness (QED) is 0.234. The monoisotopic (exact) mass is 511 g/mol. The van der Waals surface area contributed by atoms with Gasteiger partial charge in [0, 0.05) is 27.8 Å². The van der Waals surface area contributed by atoms with Crippen molar-refractivity contribution in [2.75, 3.05) is 4.90 Å². The van der Waals surface area contributed by atoms with Gasteiger partial charge in [-0.1, -0.05) is 97.1 Å². The summed E-state index contributed by atoms with van der Waals surface area (Å²) < 4.78 is 6.16. The second kappa shape index (κ2) is 9.14. The van der Waals surface area contributed by atoms with Gasteiger partial charge in [-0.05, 0) is 87.3 Å². The average molecular weight is 512 g/mol. The van der Waals surface area contributed by atoms with Crippen molar-refractivity contribution in [3.63, 3.8) is 0 Å². The van der Waals surface area contributed by atoms with Crippen molar-refractivity contribution in [1.82, 2.24) is 0 Å². The van der Waals surface area contributed by atoms with Crippen molar-refractivity contribution in [2.45, 2.75) is 0 Å². The normalized spacial score (nSPS) is 11.5. The highest BCUT2D eigenvalue weighted by molar-refractivity contribution is 6.10. The molecule has 0 unspecified atom stereocenters. The number of hydrogen-bond donors (Lipinski definition) is 0. The molecule has 8 rings (SSSR count). The summed E-state index contributed by atoms with van der Waals surface area (Å²) in [5.74, 6) is 0. The Labute approximate surface area is 232 Å². The van der Waals surface area contributed by atoms with E-state index in [-0.39, 0.29) is 0 Å². The first-order valence-corrected chi connectivity index (χ1v) is 13.6. The highest BCUT2D eigenvalue weighted by Gasteiger charge is 2.16. The summed E-state index contributed by atoms with van der Waals surface area (Å²) in [6.07, 6.45) is 0. The number of benzene rings is 7. The first-order valence-electron chi connectivity index (χ1n) is 13.6. The molecule has 0 saturated carbocycles. The molecule has 0 aliphatic heterocycles. The summed E-state index contributed by atoms with van der Waals surface area (Å²) in [6.45, 7) is 0. The SMILES string of the molecule is c1ccc(-c2cccc(N(c3ccc4ccccc4c3)c3ccc4cc5oc6ccccc6c5cc4c3)c2)cc1. The van der Waals surface area contributed by atoms with Crippen LogP contribution in [0.15, 0.2) is 156 Å². The van der Waals surface area contributed by atoms with Crippen LogP contribution in [0.3, 0.4) is 0 Å². The molecule has 188 valence electrons. The first-order chi connectivity index (χ1) is 19.8. The highest BCUT2D eigenvalue weighted by atomic mass is 16.3. The van der Waals surface area contributed by atoms with Crippen LogP contribution in [-0.2, 0) is 0 Å². The maximum atomic E-state index is 6.16. The van der Waals surface area contributed by atoms with Crippen LogP contribution in [0, 0.1) is 0 Å². The number of hydrogen-bond acceptors (Lipinski definition) is 2. The Bertz CT molecular complexity index is 2170. The molecule has 8 aromatic rings. The number of para-hydroxylation sites is 1. The van der Waals surface area contributed by atoms with Gasteiger partial charge in [0.05, 0.1) is 0 Å². The van der Waals surface area contributed by atoms with Crippen LogP contribution in [0.4, 0.5) is 17.1 Å². The van der Waals surface area contributed by atoms with Gasteiger partial charge in [-0.15, -0.1) is 0 Å². The van der Waals surface area contributed by atoms with E-state index in [1.54, 1.807) is 0 Å². The Hall–Kier alpha value is -5.34. The Morgan fingerprint density at radius 3 is 1.88 bits per heavy atom. The lowest BCUT2D eigenvalue weighted by Gasteiger charge is -2.26. The third-order valence-electron chi connectivity index (χ3n) is 7.78. The fourth-order valence-corrected chi connectivity index (χ4v) is 5.81. The maximum Gasteiger partial charge on any atom is 0.136 e. The molecule has 7 aromatic carbocycles. The van der Waals surface area contributed by atoms with Crippen molar-refractivity contribution in [1.29, 1.82) is 0 Å². The Balaban J connectivity index is 1.34. The molecule has 0 bridgehead atoms. The number of anilines is 3. The number of fused-ring (bicyclic) bond motifs is 5. The maximum absolute atomic E-state index is 6.16. The molecule has 0 N–H and O–H groups in total. The highest BCUT2D eigenvalue weighted by Crippen LogP contribution is 2.40. The largest absolute Gasteiger partial charge is 0.456 e. The second-order valence-corrected chi connectivity index (χ2v) is 10.3. The Morgan fingerprint density at radius 1 is 0.350 bits per heavy atom. The van der Waals surface area contributed by atoms with Gasteiger partial charge in [-0.3, -0.25) is 0 Å². The fraction of sp³-hybridized carbons (Fsp3) is 0. The van der Waals surface area contributed by atoms with Crippen molar-refractivity contribution < 1.29 is 4.42 Å². The molecule has 0 spiro atoms. The van der Waals surface area contributed by atoms with Crippen LogP contribution in [0.1, 0.15) is 0 Å². The molecule has 2 nitrogen and oxygen atoms in total. The predicted molar refractivity (Wildman–Crippen MR) is 169 cm³/mol. The lowest BCUT2D eigenvalue weighted by atomic mass is 10.0. The van der Waals surface area contributed by atoms with Crippen LogP contribution >= 0.6 is 0 Å². The zero-order chi connectivity index (χ0) is 26.5. The lowest BCUT2D eigenvalue weighted by molar-refractivity contribution is 0.669. The van der Waals surface area contributed by atoms with Crippen LogP contribution < -0.4 is 4.90 Å². The van der Waals surface area contributed by atoms with Crippen molar-refractivity contribution in [2.24, 2.45) is 0 Å². The summed E-state index contributed by atoms with van der Waals surface area (Å²) in [4.78, 5) is 2.36. The molecular weight excluding hydrogens is 486 g/mol. The number of furan rings is 1. The van der Waals surface area contributed by atoms with Gasteiger partial charge >= 0.3 is 0 Å². The molecule has 40 heavy (non-hydrogen) atoms. The third-order valence-corrected chi connectivity index (χ3v) is 7.78. The third kappa shape index (κ3) is 3.81. The lowest BCUT2D eigenvalue weighted by Crippen LogP contribution is -2.10. The summed E-state index contributed by atoms with van der Waals surface area (Å²) in [5, 5.41) is 7.08. The van der Waals surface area contributed by atoms with Gasteiger partial charge in [-0.25, -0.2) is 0 Å². The number of rotatable bonds is 4. The van der Waals surface area contributed by atoms with Gasteiger partial charge in [-0.2, -0.15) is 0 Å². The van der Waals surface area contributed by atoms with E-state index in [2.05, 4.69) is 144 Å². The van der Waals surface area contributed by atoms with Crippen molar-refractivity contribution in [3.8, 4) is 11.1 Å². The van der Waals surface area contributed by atoms with E-state index >= 15 is 0 Å². The van der Waals surface area contributed by atoms with E-state index in [0.717, 1.165) is 44.4 Å². The summed E-state index contributed by atoms with van der Waals surface area (Å²) >= 11 is 0. The minimum Gasteiger partial charge on any atom is -0.456 e. The zero-order valence-corrected chi connectivity index (χ0v) is 21.8. The van der Waals surface area contributed by atoms with E-state index in [9.17, 15) is 0 Å². The second-order valence-electron chi connectivity index (χ2n) is 10.3. The molecule has 0 saturated heterocycles. The van der Waals surface area contributed by atoms with E-state index in [1.807, 2.05) is 12.1 Å². The Morgan fingerprint density at radius 2 is 1.00 bits per heavy atom. The smallest absolute Gasteiger partial charge is 0.136 e.